The first kappa shape index (κ1) is 23.8. The topological polar surface area (TPSA) is 72.8 Å². The Bertz CT molecular complexity index is 1310. The molecule has 0 saturated heterocycles. The molecule has 0 amide bonds. The molecule has 0 fully saturated rings. The number of hydrogen-bond donors (Lipinski definition) is 1. The Morgan fingerprint density at radius 3 is 2.59 bits per heavy atom. The van der Waals surface area contributed by atoms with Crippen molar-refractivity contribution < 1.29 is 17.9 Å². The summed E-state index contributed by atoms with van der Waals surface area (Å²) < 4.78 is 46.2. The van der Waals surface area contributed by atoms with Crippen molar-refractivity contribution >= 4 is 34.1 Å². The molecule has 0 atom stereocenters. The molecular weight excluding hydrogens is 467 g/mol. The highest BCUT2D eigenvalue weighted by molar-refractivity contribution is 6.30. The fraction of sp³-hybridized carbons (Fsp3) is 0.250. The van der Waals surface area contributed by atoms with E-state index in [0.717, 1.165) is 6.07 Å². The fourth-order valence-electron chi connectivity index (χ4n) is 3.27. The van der Waals surface area contributed by atoms with Crippen molar-refractivity contribution in [1.82, 2.24) is 19.9 Å². The lowest BCUT2D eigenvalue weighted by atomic mass is 10.1. The first-order chi connectivity index (χ1) is 16.2. The summed E-state index contributed by atoms with van der Waals surface area (Å²) in [6.45, 7) is 4.68. The first-order valence-corrected chi connectivity index (χ1v) is 10.9. The Balaban J connectivity index is 1.80. The fourth-order valence-corrected chi connectivity index (χ4v) is 3.46. The molecule has 1 N–H and O–H groups in total. The summed E-state index contributed by atoms with van der Waals surface area (Å²) in [5, 5.41) is 4.26. The molecule has 176 valence electrons. The third kappa shape index (κ3) is 5.60. The van der Waals surface area contributed by atoms with Gasteiger partial charge in [-0.3, -0.25) is 4.98 Å². The summed E-state index contributed by atoms with van der Waals surface area (Å²) in [6, 6.07) is 12.4. The quantitative estimate of drug-likeness (QED) is 0.313. The normalized spacial score (nSPS) is 11.9. The van der Waals surface area contributed by atoms with Gasteiger partial charge in [0.15, 0.2) is 11.5 Å². The van der Waals surface area contributed by atoms with Gasteiger partial charge >= 0.3 is 6.18 Å². The third-order valence-electron chi connectivity index (χ3n) is 4.73. The van der Waals surface area contributed by atoms with E-state index in [2.05, 4.69) is 25.3 Å². The van der Waals surface area contributed by atoms with Crippen molar-refractivity contribution in [3.05, 3.63) is 71.1 Å². The molecule has 0 aliphatic rings. The van der Waals surface area contributed by atoms with E-state index in [-0.39, 0.29) is 23.6 Å². The predicted molar refractivity (Wildman–Crippen MR) is 125 cm³/mol. The van der Waals surface area contributed by atoms with E-state index in [4.69, 9.17) is 16.3 Å². The number of nitrogens with one attached hydrogen (secondary N) is 1. The second kappa shape index (κ2) is 9.90. The number of fused-ring (bicyclic) bond motifs is 1. The maximum Gasteiger partial charge on any atom is 0.418 e. The van der Waals surface area contributed by atoms with E-state index >= 15 is 0 Å². The maximum atomic E-state index is 13.5. The SMILES string of the molecule is CC(C)COCc1nc(Nc2cccc(Cl)c2)c2ccc(-c3ncccc3C(F)(F)F)nc2n1. The number of alkyl halides is 3. The molecule has 0 aliphatic carbocycles. The minimum Gasteiger partial charge on any atom is -0.373 e. The Labute approximate surface area is 199 Å². The molecule has 34 heavy (non-hydrogen) atoms. The van der Waals surface area contributed by atoms with Gasteiger partial charge in [0.1, 0.15) is 18.1 Å². The lowest BCUT2D eigenvalue weighted by Crippen LogP contribution is -2.10. The number of anilines is 2. The summed E-state index contributed by atoms with van der Waals surface area (Å²) in [5.74, 6) is 1.10. The summed E-state index contributed by atoms with van der Waals surface area (Å²) >= 11 is 6.10. The molecule has 0 saturated carbocycles. The van der Waals surface area contributed by atoms with Gasteiger partial charge in [-0.2, -0.15) is 13.2 Å². The van der Waals surface area contributed by atoms with Crippen LogP contribution in [0.4, 0.5) is 24.7 Å². The second-order valence-electron chi connectivity index (χ2n) is 8.00. The number of rotatable bonds is 7. The zero-order chi connectivity index (χ0) is 24.3. The lowest BCUT2D eigenvalue weighted by molar-refractivity contribution is -0.137. The van der Waals surface area contributed by atoms with Crippen LogP contribution in [-0.2, 0) is 17.5 Å². The Kier molecular flexibility index (Phi) is 6.95. The van der Waals surface area contributed by atoms with Gasteiger partial charge in [0, 0.05) is 23.5 Å². The van der Waals surface area contributed by atoms with Crippen LogP contribution in [0.25, 0.3) is 22.4 Å². The van der Waals surface area contributed by atoms with Crippen molar-refractivity contribution in [2.75, 3.05) is 11.9 Å². The number of aromatic nitrogens is 4. The molecule has 6 nitrogen and oxygen atoms in total. The summed E-state index contributed by atoms with van der Waals surface area (Å²) in [4.78, 5) is 17.3. The molecule has 0 aliphatic heterocycles. The molecule has 3 aromatic heterocycles. The zero-order valence-corrected chi connectivity index (χ0v) is 19.2. The predicted octanol–water partition coefficient (Wildman–Crippen LogP) is 6.68. The number of ether oxygens (including phenoxy) is 1. The van der Waals surface area contributed by atoms with Crippen LogP contribution in [-0.4, -0.2) is 26.5 Å². The van der Waals surface area contributed by atoms with Crippen molar-refractivity contribution in [3.8, 4) is 11.4 Å². The molecule has 0 bridgehead atoms. The van der Waals surface area contributed by atoms with Gasteiger partial charge in [-0.1, -0.05) is 31.5 Å². The number of halogens is 4. The first-order valence-electron chi connectivity index (χ1n) is 10.5. The van der Waals surface area contributed by atoms with Crippen LogP contribution < -0.4 is 5.32 Å². The largest absolute Gasteiger partial charge is 0.418 e. The standard InChI is InChI=1S/C24H21ClF3N5O/c1-14(2)12-34-13-20-32-22(30-16-6-3-5-15(25)11-16)17-8-9-19(31-23(17)33-20)21-18(24(26,27)28)7-4-10-29-21/h3-11,14H,12-13H2,1-2H3,(H,30,31,32,33). The van der Waals surface area contributed by atoms with Crippen LogP contribution in [0.1, 0.15) is 25.2 Å². The van der Waals surface area contributed by atoms with Crippen molar-refractivity contribution in [2.24, 2.45) is 5.92 Å². The lowest BCUT2D eigenvalue weighted by Gasteiger charge is -2.14. The Morgan fingerprint density at radius 2 is 1.85 bits per heavy atom. The van der Waals surface area contributed by atoms with E-state index in [1.807, 2.05) is 19.9 Å². The molecule has 0 radical (unpaired) electrons. The van der Waals surface area contributed by atoms with Crippen LogP contribution in [0.3, 0.4) is 0 Å². The van der Waals surface area contributed by atoms with Crippen molar-refractivity contribution in [1.29, 1.82) is 0 Å². The molecule has 3 heterocycles. The highest BCUT2D eigenvalue weighted by Crippen LogP contribution is 2.36. The van der Waals surface area contributed by atoms with E-state index in [0.29, 0.717) is 40.3 Å². The van der Waals surface area contributed by atoms with E-state index in [9.17, 15) is 13.2 Å². The molecule has 4 rings (SSSR count). The average molecular weight is 488 g/mol. The van der Waals surface area contributed by atoms with Gasteiger partial charge in [-0.15, -0.1) is 0 Å². The monoisotopic (exact) mass is 487 g/mol. The number of hydrogen-bond acceptors (Lipinski definition) is 6. The number of nitrogens with zero attached hydrogens (tertiary/aromatic N) is 4. The second-order valence-corrected chi connectivity index (χ2v) is 8.43. The average Bonchev–Trinajstić information content (AvgIpc) is 2.78. The van der Waals surface area contributed by atoms with Crippen molar-refractivity contribution in [2.45, 2.75) is 26.6 Å². The van der Waals surface area contributed by atoms with Gasteiger partial charge in [0.2, 0.25) is 0 Å². The third-order valence-corrected chi connectivity index (χ3v) is 4.97. The van der Waals surface area contributed by atoms with E-state index in [1.54, 1.807) is 24.3 Å². The molecule has 4 aromatic rings. The number of pyridine rings is 2. The van der Waals surface area contributed by atoms with Crippen LogP contribution in [0.2, 0.25) is 5.02 Å². The minimum absolute atomic E-state index is 0.0573. The maximum absolute atomic E-state index is 13.5. The minimum atomic E-state index is -4.57. The smallest absolute Gasteiger partial charge is 0.373 e. The highest BCUT2D eigenvalue weighted by Gasteiger charge is 2.34. The van der Waals surface area contributed by atoms with Gasteiger partial charge < -0.3 is 10.1 Å². The molecule has 0 unspecified atom stereocenters. The molecule has 10 heteroatoms. The zero-order valence-electron chi connectivity index (χ0n) is 18.4. The van der Waals surface area contributed by atoms with Gasteiger partial charge in [-0.25, -0.2) is 15.0 Å². The summed E-state index contributed by atoms with van der Waals surface area (Å²) in [7, 11) is 0. The van der Waals surface area contributed by atoms with Crippen LogP contribution in [0, 0.1) is 5.92 Å². The van der Waals surface area contributed by atoms with Gasteiger partial charge in [0.05, 0.1) is 16.6 Å². The van der Waals surface area contributed by atoms with Crippen LogP contribution in [0.5, 0.6) is 0 Å². The highest BCUT2D eigenvalue weighted by atomic mass is 35.5. The molecule has 0 spiro atoms. The van der Waals surface area contributed by atoms with E-state index < -0.39 is 11.7 Å². The number of benzene rings is 1. The van der Waals surface area contributed by atoms with Gasteiger partial charge in [-0.05, 0) is 48.4 Å². The summed E-state index contributed by atoms with van der Waals surface area (Å²) in [6.07, 6.45) is -3.27. The molecular formula is C24H21ClF3N5O. The van der Waals surface area contributed by atoms with E-state index in [1.165, 1.54) is 18.3 Å². The Morgan fingerprint density at radius 1 is 1.03 bits per heavy atom. The van der Waals surface area contributed by atoms with Gasteiger partial charge in [0.25, 0.3) is 0 Å². The Hall–Kier alpha value is -3.30. The molecule has 1 aromatic carbocycles. The summed E-state index contributed by atoms with van der Waals surface area (Å²) in [5.41, 5.74) is -0.165. The van der Waals surface area contributed by atoms with Crippen LogP contribution in [0.15, 0.2) is 54.7 Å². The van der Waals surface area contributed by atoms with Crippen molar-refractivity contribution in [3.63, 3.8) is 0 Å². The van der Waals surface area contributed by atoms with Crippen LogP contribution >= 0.6 is 11.6 Å².